The van der Waals surface area contributed by atoms with Crippen molar-refractivity contribution in [2.24, 2.45) is 0 Å². The number of fused-ring (bicyclic) bond motifs is 5. The van der Waals surface area contributed by atoms with Gasteiger partial charge in [-0.1, -0.05) is 30.3 Å². The van der Waals surface area contributed by atoms with Crippen molar-refractivity contribution < 1.29 is 61.3 Å². The maximum Gasteiger partial charge on any atom is 0.470 e. The summed E-state index contributed by atoms with van der Waals surface area (Å²) in [6.45, 7) is -1.47. The normalized spacial score (nSPS) is 22.1. The van der Waals surface area contributed by atoms with Gasteiger partial charge >= 0.3 is 19.9 Å². The molecule has 15 nitrogen and oxygen atoms in total. The molecule has 18 heteroatoms. The number of phosphoric acid groups is 1. The Balaban J connectivity index is 1.09. The smallest absolute Gasteiger partial charge is 0.470 e. The van der Waals surface area contributed by atoms with E-state index < -0.39 is 67.9 Å². The number of pyridine rings is 1. The zero-order valence-electron chi connectivity index (χ0n) is 28.4. The lowest BCUT2D eigenvalue weighted by Gasteiger charge is -2.35. The molecule has 3 aliphatic heterocycles. The molecule has 3 N–H and O–H groups in total. The number of halogens is 2. The van der Waals surface area contributed by atoms with Crippen molar-refractivity contribution in [3.8, 4) is 11.5 Å². The van der Waals surface area contributed by atoms with Gasteiger partial charge in [0.1, 0.15) is 42.8 Å². The molecule has 284 valence electrons. The maximum atomic E-state index is 16.3. The summed E-state index contributed by atoms with van der Waals surface area (Å²) in [4.78, 5) is 61.7. The standard InChI is InChI=1S/C36H34F2N3O12P/c37-27-10-22(40-13-24(15-42)52-35(40)45)8-9-29(27)51-19-36(53-54(46,47)48)12-23-17-49-33-30-25(11-28(38)31(33)41(23)18-36)32(43)26(14-39(30)21-6-7-21)34(44)50-16-20-4-2-1-3-5-20/h1-5,8-11,14,21,23-24,42H,6-7,12-13,15-19H2,(H2,46,47,48)/t23-,24+,36-/m0/s1. The largest absolute Gasteiger partial charge is 0.487 e. The molecule has 1 saturated carbocycles. The summed E-state index contributed by atoms with van der Waals surface area (Å²) < 4.78 is 73.2. The zero-order chi connectivity index (χ0) is 37.9. The number of cyclic esters (lactones) is 1. The van der Waals surface area contributed by atoms with Crippen molar-refractivity contribution in [2.45, 2.75) is 49.7 Å². The minimum atomic E-state index is -5.20. The van der Waals surface area contributed by atoms with Gasteiger partial charge in [0.2, 0.25) is 5.43 Å². The number of carbonyl (C=O) groups is 2. The minimum absolute atomic E-state index is 0.0000704. The summed E-state index contributed by atoms with van der Waals surface area (Å²) >= 11 is 0. The molecule has 0 spiro atoms. The van der Waals surface area contributed by atoms with Crippen molar-refractivity contribution in [2.75, 3.05) is 42.7 Å². The van der Waals surface area contributed by atoms with Gasteiger partial charge in [0.05, 0.1) is 42.3 Å². The first-order chi connectivity index (χ1) is 25.8. The Morgan fingerprint density at radius 1 is 1.04 bits per heavy atom. The molecule has 4 heterocycles. The van der Waals surface area contributed by atoms with Crippen LogP contribution in [0.5, 0.6) is 11.5 Å². The predicted octanol–water partition coefficient (Wildman–Crippen LogP) is 4.19. The Bertz CT molecular complexity index is 2270. The number of rotatable bonds is 11. The number of esters is 1. The highest BCUT2D eigenvalue weighted by Gasteiger charge is 2.53. The second kappa shape index (κ2) is 13.7. The van der Waals surface area contributed by atoms with Crippen LogP contribution >= 0.6 is 7.82 Å². The lowest BCUT2D eigenvalue weighted by molar-refractivity contribution is 0.00780. The summed E-state index contributed by atoms with van der Waals surface area (Å²) in [5.74, 6) is -2.94. The van der Waals surface area contributed by atoms with E-state index in [4.69, 9.17) is 23.5 Å². The van der Waals surface area contributed by atoms with Gasteiger partial charge in [0.25, 0.3) is 0 Å². The van der Waals surface area contributed by atoms with Crippen LogP contribution in [0, 0.1) is 11.6 Å². The van der Waals surface area contributed by atoms with Gasteiger partial charge in [0.15, 0.2) is 23.1 Å². The third kappa shape index (κ3) is 6.77. The van der Waals surface area contributed by atoms with Crippen LogP contribution in [0.25, 0.3) is 10.9 Å². The Labute approximate surface area is 305 Å². The van der Waals surface area contributed by atoms with Crippen molar-refractivity contribution in [1.29, 1.82) is 0 Å². The molecule has 0 unspecified atom stereocenters. The van der Waals surface area contributed by atoms with Gasteiger partial charge in [-0.15, -0.1) is 0 Å². The quantitative estimate of drug-likeness (QED) is 0.146. The Kier molecular flexibility index (Phi) is 9.09. The predicted molar refractivity (Wildman–Crippen MR) is 186 cm³/mol. The van der Waals surface area contributed by atoms with E-state index in [0.717, 1.165) is 35.4 Å². The van der Waals surface area contributed by atoms with Crippen LogP contribution in [0.4, 0.5) is 25.0 Å². The fourth-order valence-corrected chi connectivity index (χ4v) is 8.02. The van der Waals surface area contributed by atoms with Crippen LogP contribution in [0.3, 0.4) is 0 Å². The highest BCUT2D eigenvalue weighted by molar-refractivity contribution is 7.46. The van der Waals surface area contributed by atoms with E-state index in [1.165, 1.54) is 23.2 Å². The highest BCUT2D eigenvalue weighted by atomic mass is 31.2. The minimum Gasteiger partial charge on any atom is -0.487 e. The van der Waals surface area contributed by atoms with Gasteiger partial charge in [-0.3, -0.25) is 14.2 Å². The fraction of sp³-hybridized carbons (Fsp3) is 0.361. The van der Waals surface area contributed by atoms with Crippen LogP contribution in [0.15, 0.2) is 65.6 Å². The monoisotopic (exact) mass is 769 g/mol. The van der Waals surface area contributed by atoms with E-state index in [9.17, 15) is 33.8 Å². The number of hydrogen-bond acceptors (Lipinski definition) is 11. The molecule has 1 aromatic heterocycles. The Hall–Kier alpha value is -5.06. The SMILES string of the molecule is O=C(OCc1ccccc1)c1cn(C2CC2)c2c3c(c(F)cc2c1=O)N1C[C@@](COc2ccc(N4C[C@H](CO)OC4=O)cc2F)(OP(=O)(O)O)C[C@H]1CO3. The third-order valence-corrected chi connectivity index (χ3v) is 10.5. The molecule has 0 radical (unpaired) electrons. The summed E-state index contributed by atoms with van der Waals surface area (Å²) in [7, 11) is -5.20. The average Bonchev–Trinajstić information content (AvgIpc) is 3.82. The van der Waals surface area contributed by atoms with E-state index >= 15 is 8.78 Å². The molecule has 4 aromatic rings. The first-order valence-corrected chi connectivity index (χ1v) is 18.7. The van der Waals surface area contributed by atoms with Crippen LogP contribution in [-0.2, 0) is 25.2 Å². The Morgan fingerprint density at radius 2 is 1.81 bits per heavy atom. The van der Waals surface area contributed by atoms with Crippen LogP contribution in [0.2, 0.25) is 0 Å². The second-order valence-corrected chi connectivity index (χ2v) is 14.9. The summed E-state index contributed by atoms with van der Waals surface area (Å²) in [6.07, 6.45) is 1.20. The molecule has 54 heavy (non-hydrogen) atoms. The molecule has 1 amide bonds. The summed E-state index contributed by atoms with van der Waals surface area (Å²) in [5, 5.41) is 9.22. The van der Waals surface area contributed by atoms with Crippen molar-refractivity contribution in [3.05, 3.63) is 93.8 Å². The van der Waals surface area contributed by atoms with E-state index in [0.29, 0.717) is 0 Å². The number of hydrogen-bond donors (Lipinski definition) is 3. The molecule has 3 atom stereocenters. The van der Waals surface area contributed by atoms with Crippen LogP contribution in [0.1, 0.15) is 41.2 Å². The van der Waals surface area contributed by atoms with Crippen LogP contribution in [-0.4, -0.2) is 82.2 Å². The number of phosphoric ester groups is 1. The van der Waals surface area contributed by atoms with E-state index in [1.807, 2.05) is 6.07 Å². The molecule has 3 aromatic carbocycles. The van der Waals surface area contributed by atoms with Crippen LogP contribution < -0.4 is 24.7 Å². The lowest BCUT2D eigenvalue weighted by Crippen LogP contribution is -2.42. The average molecular weight is 770 g/mol. The van der Waals surface area contributed by atoms with Crippen molar-refractivity contribution >= 4 is 42.2 Å². The number of benzene rings is 3. The van der Waals surface area contributed by atoms with Crippen molar-refractivity contribution in [1.82, 2.24) is 4.57 Å². The number of aliphatic hydroxyl groups is 1. The van der Waals surface area contributed by atoms with Gasteiger partial charge in [-0.2, -0.15) is 0 Å². The molecule has 0 bridgehead atoms. The Morgan fingerprint density at radius 3 is 2.50 bits per heavy atom. The number of ether oxygens (including phenoxy) is 4. The number of amides is 1. The second-order valence-electron chi connectivity index (χ2n) is 13.8. The number of aromatic nitrogens is 1. The van der Waals surface area contributed by atoms with Gasteiger partial charge in [0, 0.05) is 24.7 Å². The van der Waals surface area contributed by atoms with E-state index in [1.54, 1.807) is 28.8 Å². The lowest BCUT2D eigenvalue weighted by atomic mass is 10.0. The number of carbonyl (C=O) groups excluding carboxylic acids is 2. The number of nitrogens with zero attached hydrogens (tertiary/aromatic N) is 3. The van der Waals surface area contributed by atoms with Crippen molar-refractivity contribution in [3.63, 3.8) is 0 Å². The number of aliphatic hydroxyl groups excluding tert-OH is 1. The van der Waals surface area contributed by atoms with E-state index in [-0.39, 0.29) is 78.1 Å². The fourth-order valence-electron chi connectivity index (χ4n) is 7.33. The zero-order valence-corrected chi connectivity index (χ0v) is 29.3. The van der Waals surface area contributed by atoms with Gasteiger partial charge < -0.3 is 43.3 Å². The molecule has 4 aliphatic rings. The topological polar surface area (TPSA) is 187 Å². The molecule has 8 rings (SSSR count). The third-order valence-electron chi connectivity index (χ3n) is 9.89. The van der Waals surface area contributed by atoms with Gasteiger partial charge in [-0.05, 0) is 36.6 Å². The highest BCUT2D eigenvalue weighted by Crippen LogP contribution is 2.52. The van der Waals surface area contributed by atoms with E-state index in [2.05, 4.69) is 0 Å². The maximum absolute atomic E-state index is 16.3. The number of anilines is 2. The molecule has 3 fully saturated rings. The molecule has 1 aliphatic carbocycles. The molecular formula is C36H34F2N3O12P. The summed E-state index contributed by atoms with van der Waals surface area (Å²) in [6, 6.07) is 12.8. The van der Waals surface area contributed by atoms with Gasteiger partial charge in [-0.25, -0.2) is 22.9 Å². The molecule has 2 saturated heterocycles. The summed E-state index contributed by atoms with van der Waals surface area (Å²) in [5.41, 5.74) is -1.76. The first kappa shape index (κ1) is 35.9. The first-order valence-electron chi connectivity index (χ1n) is 17.1. The molecular weight excluding hydrogens is 735 g/mol.